The summed E-state index contributed by atoms with van der Waals surface area (Å²) in [6.07, 6.45) is 9.09. The van der Waals surface area contributed by atoms with Crippen LogP contribution in [0.1, 0.15) is 12.0 Å². The van der Waals surface area contributed by atoms with E-state index < -0.39 is 7.14 Å². The Kier molecular flexibility index (Phi) is 9.71. The summed E-state index contributed by atoms with van der Waals surface area (Å²) in [5, 5.41) is 7.30. The maximum absolute atomic E-state index is 13.5. The maximum Gasteiger partial charge on any atom is 0.229 e. The molecular formula is C33H40BrN10O3P. The minimum atomic E-state index is -2.78. The van der Waals surface area contributed by atoms with E-state index in [0.717, 1.165) is 56.0 Å². The number of fused-ring (bicyclic) bond motifs is 1. The third-order valence-corrected chi connectivity index (χ3v) is 10.7. The maximum atomic E-state index is 13.5. The third-order valence-electron chi connectivity index (χ3n) is 8.57. The average Bonchev–Trinajstić information content (AvgIpc) is 3.46. The molecule has 0 aliphatic carbocycles. The van der Waals surface area contributed by atoms with E-state index >= 15 is 0 Å². The van der Waals surface area contributed by atoms with Gasteiger partial charge in [-0.15, -0.1) is 0 Å². The van der Waals surface area contributed by atoms with Gasteiger partial charge in [-0.1, -0.05) is 0 Å². The molecule has 4 heterocycles. The number of hydrogen-bond donors (Lipinski definition) is 3. The number of aromatic nitrogens is 4. The van der Waals surface area contributed by atoms with Gasteiger partial charge in [-0.2, -0.15) is 4.98 Å². The molecule has 4 aromatic rings. The smallest absolute Gasteiger partial charge is 0.229 e. The second-order valence-electron chi connectivity index (χ2n) is 12.4. The Bertz CT molecular complexity index is 1950. The Hall–Kier alpha value is -4.10. The summed E-state index contributed by atoms with van der Waals surface area (Å²) in [5.74, 6) is 1.40. The fraction of sp³-hybridized carbons (Fsp3) is 0.364. The van der Waals surface area contributed by atoms with Crippen LogP contribution in [0, 0.1) is 0 Å². The zero-order valence-corrected chi connectivity index (χ0v) is 30.2. The van der Waals surface area contributed by atoms with E-state index in [1.165, 1.54) is 0 Å². The van der Waals surface area contributed by atoms with E-state index in [-0.39, 0.29) is 5.60 Å². The molecule has 48 heavy (non-hydrogen) atoms. The molecule has 252 valence electrons. The molecule has 2 saturated heterocycles. The number of morpholine rings is 1. The fourth-order valence-electron chi connectivity index (χ4n) is 6.43. The summed E-state index contributed by atoms with van der Waals surface area (Å²) in [7, 11) is 2.71. The highest BCUT2D eigenvalue weighted by Gasteiger charge is 2.42. The van der Waals surface area contributed by atoms with E-state index in [2.05, 4.69) is 63.4 Å². The number of aliphatic imine (C=N–C) groups is 1. The van der Waals surface area contributed by atoms with Gasteiger partial charge in [0.1, 0.15) is 24.2 Å². The molecule has 2 aliphatic heterocycles. The van der Waals surface area contributed by atoms with Crippen LogP contribution in [0.15, 0.2) is 58.5 Å². The number of methoxy groups -OCH3 is 1. The van der Waals surface area contributed by atoms with Gasteiger partial charge < -0.3 is 40.2 Å². The first-order valence-electron chi connectivity index (χ1n) is 15.5. The number of ether oxygens (including phenoxy) is 2. The second-order valence-corrected chi connectivity index (χ2v) is 16.4. The molecule has 1 atom stereocenters. The number of nitrogens with one attached hydrogen (secondary N) is 2. The van der Waals surface area contributed by atoms with E-state index in [9.17, 15) is 4.57 Å². The van der Waals surface area contributed by atoms with Crippen LogP contribution in [-0.4, -0.2) is 104 Å². The Labute approximate surface area is 288 Å². The standard InChI is InChI=1S/C33H40BrN10O3P/c1-36-17-21(16-35)22-14-26(28(46-3)15-27(22)44-11-8-33(20-44)19-43(2)12-13-47-33)41-32-39-18-23(34)31(42-32)40-25-7-6-24-29(38-10-9-37-24)30(25)48(4,5)45/h6-7,9-10,14-18H,8,11-13,19-20,35H2,1-5H3,(H2,39,40,41,42). The van der Waals surface area contributed by atoms with Crippen LogP contribution in [0.25, 0.3) is 16.6 Å². The van der Waals surface area contributed by atoms with E-state index in [0.29, 0.717) is 49.7 Å². The van der Waals surface area contributed by atoms with E-state index in [1.807, 2.05) is 24.3 Å². The van der Waals surface area contributed by atoms with Crippen LogP contribution in [0.4, 0.5) is 28.8 Å². The van der Waals surface area contributed by atoms with Gasteiger partial charge in [0.2, 0.25) is 5.95 Å². The summed E-state index contributed by atoms with van der Waals surface area (Å²) in [6, 6.07) is 7.68. The van der Waals surface area contributed by atoms with E-state index in [4.69, 9.17) is 20.2 Å². The Morgan fingerprint density at radius 2 is 1.96 bits per heavy atom. The van der Waals surface area contributed by atoms with Crippen molar-refractivity contribution in [1.82, 2.24) is 24.8 Å². The monoisotopic (exact) mass is 734 g/mol. The summed E-state index contributed by atoms with van der Waals surface area (Å²) in [5.41, 5.74) is 11.1. The SMILES string of the molecule is CN=CC(=CN)c1cc(Nc2ncc(Br)c(Nc3ccc4nccnc4c3P(C)(C)=O)n2)c(OC)cc1N1CCC2(CN(C)CCO2)C1. The van der Waals surface area contributed by atoms with Gasteiger partial charge in [0, 0.05) is 87.1 Å². The van der Waals surface area contributed by atoms with Crippen molar-refractivity contribution < 1.29 is 14.0 Å². The number of nitrogens with two attached hydrogens (primary N) is 1. The third kappa shape index (κ3) is 6.88. The van der Waals surface area contributed by atoms with Crippen molar-refractivity contribution in [2.75, 3.05) is 82.9 Å². The van der Waals surface area contributed by atoms with Crippen molar-refractivity contribution in [3.63, 3.8) is 0 Å². The number of likely N-dealkylation sites (N-methyl/N-ethyl adjacent to an activating group) is 1. The molecule has 2 aromatic heterocycles. The van der Waals surface area contributed by atoms with E-state index in [1.54, 1.807) is 58.5 Å². The van der Waals surface area contributed by atoms with Crippen LogP contribution < -0.4 is 31.3 Å². The van der Waals surface area contributed by atoms with Gasteiger partial charge in [0.05, 0.1) is 46.0 Å². The van der Waals surface area contributed by atoms with Crippen molar-refractivity contribution in [1.29, 1.82) is 0 Å². The summed E-state index contributed by atoms with van der Waals surface area (Å²) >= 11 is 3.57. The van der Waals surface area contributed by atoms with Gasteiger partial charge in [-0.05, 0) is 60.9 Å². The predicted molar refractivity (Wildman–Crippen MR) is 198 cm³/mol. The zero-order valence-electron chi connectivity index (χ0n) is 27.7. The molecule has 2 fully saturated rings. The number of allylic oxidation sites excluding steroid dienone is 1. The van der Waals surface area contributed by atoms with Crippen molar-refractivity contribution in [2.45, 2.75) is 12.0 Å². The molecule has 0 saturated carbocycles. The Morgan fingerprint density at radius 1 is 1.15 bits per heavy atom. The van der Waals surface area contributed by atoms with Crippen LogP contribution in [0.2, 0.25) is 0 Å². The molecule has 0 radical (unpaired) electrons. The minimum Gasteiger partial charge on any atom is -0.494 e. The number of halogens is 1. The first-order valence-corrected chi connectivity index (χ1v) is 18.9. The second kappa shape index (κ2) is 13.8. The topological polar surface area (TPSA) is 156 Å². The molecule has 4 N–H and O–H groups in total. The zero-order chi connectivity index (χ0) is 34.1. The van der Waals surface area contributed by atoms with Crippen molar-refractivity contribution in [3.05, 3.63) is 59.1 Å². The fourth-order valence-corrected chi connectivity index (χ4v) is 8.12. The first kappa shape index (κ1) is 33.8. The van der Waals surface area contributed by atoms with Crippen molar-refractivity contribution in [2.24, 2.45) is 10.7 Å². The van der Waals surface area contributed by atoms with Crippen LogP contribution in [0.5, 0.6) is 5.75 Å². The number of anilines is 5. The van der Waals surface area contributed by atoms with Gasteiger partial charge in [0.25, 0.3) is 0 Å². The minimum absolute atomic E-state index is 0.227. The number of hydrogen-bond acceptors (Lipinski definition) is 13. The van der Waals surface area contributed by atoms with Crippen LogP contribution in [-0.2, 0) is 9.30 Å². The quantitative estimate of drug-likeness (QED) is 0.159. The normalized spacial score (nSPS) is 19.0. The van der Waals surface area contributed by atoms with Gasteiger partial charge in [0.15, 0.2) is 0 Å². The molecule has 0 amide bonds. The molecule has 13 nitrogen and oxygen atoms in total. The highest BCUT2D eigenvalue weighted by atomic mass is 79.9. The lowest BCUT2D eigenvalue weighted by atomic mass is 10.0. The lowest BCUT2D eigenvalue weighted by Gasteiger charge is -2.39. The number of nitrogens with zero attached hydrogens (tertiary/aromatic N) is 7. The van der Waals surface area contributed by atoms with Crippen molar-refractivity contribution >= 4 is 80.0 Å². The van der Waals surface area contributed by atoms with Gasteiger partial charge in [-0.3, -0.25) is 15.0 Å². The van der Waals surface area contributed by atoms with Gasteiger partial charge >= 0.3 is 0 Å². The lowest BCUT2D eigenvalue weighted by molar-refractivity contribution is -0.0885. The van der Waals surface area contributed by atoms with Gasteiger partial charge in [-0.25, -0.2) is 4.98 Å². The molecule has 0 bridgehead atoms. The molecule has 15 heteroatoms. The highest BCUT2D eigenvalue weighted by molar-refractivity contribution is 9.10. The molecule has 6 rings (SSSR count). The molecule has 1 spiro atoms. The number of rotatable bonds is 9. The Balaban J connectivity index is 1.36. The van der Waals surface area contributed by atoms with Crippen LogP contribution in [0.3, 0.4) is 0 Å². The van der Waals surface area contributed by atoms with Crippen molar-refractivity contribution in [3.8, 4) is 5.75 Å². The first-order chi connectivity index (χ1) is 23.0. The summed E-state index contributed by atoms with van der Waals surface area (Å²) in [6.45, 7) is 7.53. The predicted octanol–water partition coefficient (Wildman–Crippen LogP) is 4.84. The van der Waals surface area contributed by atoms with Crippen LogP contribution >= 0.6 is 23.1 Å². The highest BCUT2D eigenvalue weighted by Crippen LogP contribution is 2.43. The summed E-state index contributed by atoms with van der Waals surface area (Å²) < 4.78 is 26.4. The largest absolute Gasteiger partial charge is 0.494 e. The molecule has 2 aromatic carbocycles. The number of benzene rings is 2. The Morgan fingerprint density at radius 3 is 2.69 bits per heavy atom. The molecule has 1 unspecified atom stereocenters. The molecule has 2 aliphatic rings. The summed E-state index contributed by atoms with van der Waals surface area (Å²) in [4.78, 5) is 27.1. The molecular weight excluding hydrogens is 695 g/mol. The lowest BCUT2D eigenvalue weighted by Crippen LogP contribution is -2.52. The average molecular weight is 736 g/mol.